The number of benzene rings is 1. The number of anilines is 1. The smallest absolute Gasteiger partial charge is 0.262 e. The van der Waals surface area contributed by atoms with E-state index in [1.807, 2.05) is 24.3 Å². The molecule has 0 spiro atoms. The van der Waals surface area contributed by atoms with Gasteiger partial charge >= 0.3 is 0 Å². The molecule has 4 rings (SSSR count). The summed E-state index contributed by atoms with van der Waals surface area (Å²) in [7, 11) is 0. The average molecular weight is 408 g/mol. The van der Waals surface area contributed by atoms with E-state index in [0.29, 0.717) is 23.0 Å². The average Bonchev–Trinajstić information content (AvgIpc) is 3.16. The van der Waals surface area contributed by atoms with E-state index in [1.54, 1.807) is 6.20 Å². The number of aromatic nitrogens is 3. The number of rotatable bonds is 7. The van der Waals surface area contributed by atoms with Crippen LogP contribution in [0.2, 0.25) is 0 Å². The zero-order valence-corrected chi connectivity index (χ0v) is 17.2. The van der Waals surface area contributed by atoms with Crippen molar-refractivity contribution in [1.82, 2.24) is 20.3 Å². The largest absolute Gasteiger partial charge is 0.369 e. The lowest BCUT2D eigenvalue weighted by Crippen LogP contribution is -2.26. The number of aromatic amines is 2. The Hall–Kier alpha value is -3.09. The molecule has 0 aliphatic heterocycles. The minimum absolute atomic E-state index is 0.0100. The van der Waals surface area contributed by atoms with Crippen LogP contribution in [0.25, 0.3) is 11.0 Å². The lowest BCUT2D eigenvalue weighted by Gasteiger charge is -2.21. The molecule has 158 valence electrons. The maximum atomic E-state index is 12.4. The summed E-state index contributed by atoms with van der Waals surface area (Å²) in [6.07, 6.45) is 11.0. The summed E-state index contributed by atoms with van der Waals surface area (Å²) in [6, 6.07) is 7.70. The number of hydrogen-bond acceptors (Lipinski definition) is 4. The first-order chi connectivity index (χ1) is 14.6. The molecule has 1 aromatic carbocycles. The van der Waals surface area contributed by atoms with Crippen molar-refractivity contribution in [2.45, 2.75) is 51.4 Å². The third-order valence-electron chi connectivity index (χ3n) is 6.10. The van der Waals surface area contributed by atoms with Gasteiger partial charge in [0.25, 0.3) is 11.5 Å². The Morgan fingerprint density at radius 2 is 1.90 bits per heavy atom. The van der Waals surface area contributed by atoms with E-state index in [-0.39, 0.29) is 17.4 Å². The number of amides is 1. The molecule has 5 N–H and O–H groups in total. The molecule has 1 aliphatic rings. The fourth-order valence-corrected chi connectivity index (χ4v) is 4.39. The van der Waals surface area contributed by atoms with E-state index in [2.05, 4.69) is 20.3 Å². The molecule has 7 heteroatoms. The fraction of sp³-hybridized carbons (Fsp3) is 0.435. The summed E-state index contributed by atoms with van der Waals surface area (Å²) in [5.74, 6) is 0.863. The van der Waals surface area contributed by atoms with E-state index in [1.165, 1.54) is 32.1 Å². The monoisotopic (exact) mass is 407 g/mol. The summed E-state index contributed by atoms with van der Waals surface area (Å²) < 4.78 is 0. The van der Waals surface area contributed by atoms with Crippen LogP contribution in [-0.2, 0) is 12.8 Å². The van der Waals surface area contributed by atoms with Crippen molar-refractivity contribution >= 4 is 22.9 Å². The first kappa shape index (κ1) is 20.2. The van der Waals surface area contributed by atoms with Gasteiger partial charge in [-0.3, -0.25) is 14.6 Å². The Labute approximate surface area is 175 Å². The Morgan fingerprint density at radius 3 is 2.67 bits per heavy atom. The molecule has 2 heterocycles. The quantitative estimate of drug-likeness (QED) is 0.481. The molecule has 30 heavy (non-hydrogen) atoms. The molecule has 0 atom stereocenters. The molecule has 7 nitrogen and oxygen atoms in total. The van der Waals surface area contributed by atoms with Crippen LogP contribution in [-0.4, -0.2) is 27.4 Å². The number of H-pyrrole nitrogens is 2. The van der Waals surface area contributed by atoms with Crippen molar-refractivity contribution in [1.29, 1.82) is 0 Å². The molecule has 0 radical (unpaired) electrons. The number of nitrogens with two attached hydrogens (primary N) is 1. The second-order valence-electron chi connectivity index (χ2n) is 8.23. The van der Waals surface area contributed by atoms with Crippen LogP contribution in [0.4, 0.5) is 5.95 Å². The second kappa shape index (κ2) is 9.15. The van der Waals surface area contributed by atoms with Crippen LogP contribution >= 0.6 is 0 Å². The van der Waals surface area contributed by atoms with Gasteiger partial charge in [0.1, 0.15) is 5.65 Å². The predicted molar refractivity (Wildman–Crippen MR) is 119 cm³/mol. The number of hydrogen-bond donors (Lipinski definition) is 4. The van der Waals surface area contributed by atoms with E-state index < -0.39 is 0 Å². The Morgan fingerprint density at radius 1 is 1.13 bits per heavy atom. The molecule has 0 unspecified atom stereocenters. The van der Waals surface area contributed by atoms with Gasteiger partial charge in [0, 0.05) is 18.3 Å². The van der Waals surface area contributed by atoms with Crippen molar-refractivity contribution in [2.24, 2.45) is 5.92 Å². The van der Waals surface area contributed by atoms with Gasteiger partial charge in [-0.15, -0.1) is 0 Å². The molecular weight excluding hydrogens is 378 g/mol. The number of nitrogen functional groups attached to an aromatic ring is 1. The molecule has 0 saturated heterocycles. The maximum absolute atomic E-state index is 12.4. The summed E-state index contributed by atoms with van der Waals surface area (Å²) in [5.41, 5.74) is 8.57. The van der Waals surface area contributed by atoms with Crippen LogP contribution in [0.1, 0.15) is 60.0 Å². The number of carbonyl (C=O) groups is 1. The molecule has 1 aliphatic carbocycles. The van der Waals surface area contributed by atoms with E-state index in [9.17, 15) is 9.59 Å². The Balaban J connectivity index is 1.30. The van der Waals surface area contributed by atoms with Crippen LogP contribution in [0, 0.1) is 5.92 Å². The summed E-state index contributed by atoms with van der Waals surface area (Å²) in [5, 5.41) is 3.61. The third-order valence-corrected chi connectivity index (χ3v) is 6.10. The van der Waals surface area contributed by atoms with Crippen LogP contribution < -0.4 is 16.6 Å². The van der Waals surface area contributed by atoms with Crippen molar-refractivity contribution in [3.63, 3.8) is 0 Å². The molecule has 1 amide bonds. The van der Waals surface area contributed by atoms with E-state index in [0.717, 1.165) is 36.4 Å². The van der Waals surface area contributed by atoms with Gasteiger partial charge in [0.2, 0.25) is 5.95 Å². The number of fused-ring (bicyclic) bond motifs is 1. The zero-order chi connectivity index (χ0) is 20.9. The summed E-state index contributed by atoms with van der Waals surface area (Å²) in [4.78, 5) is 34.2. The minimum atomic E-state index is -0.228. The topological polar surface area (TPSA) is 117 Å². The van der Waals surface area contributed by atoms with Gasteiger partial charge in [-0.05, 0) is 48.4 Å². The minimum Gasteiger partial charge on any atom is -0.369 e. The molecule has 2 aromatic heterocycles. The lowest BCUT2D eigenvalue weighted by atomic mass is 9.87. The number of nitrogens with zero attached hydrogens (tertiary/aromatic N) is 1. The lowest BCUT2D eigenvalue weighted by molar-refractivity contribution is 0.0950. The SMILES string of the molecule is Nc1nc2[nH]cc(CCc3ccc(C(=O)NCCC4CCCCC4)cc3)c2c(=O)[nH]1. The van der Waals surface area contributed by atoms with Crippen molar-refractivity contribution in [2.75, 3.05) is 12.3 Å². The highest BCUT2D eigenvalue weighted by molar-refractivity contribution is 5.94. The van der Waals surface area contributed by atoms with Crippen molar-refractivity contribution in [3.8, 4) is 0 Å². The highest BCUT2D eigenvalue weighted by Crippen LogP contribution is 2.25. The number of aryl methyl sites for hydroxylation is 2. The van der Waals surface area contributed by atoms with Gasteiger partial charge in [0.15, 0.2) is 0 Å². The summed E-state index contributed by atoms with van der Waals surface area (Å²) >= 11 is 0. The Kier molecular flexibility index (Phi) is 6.16. The highest BCUT2D eigenvalue weighted by Gasteiger charge is 2.14. The van der Waals surface area contributed by atoms with Crippen molar-refractivity contribution < 1.29 is 4.79 Å². The van der Waals surface area contributed by atoms with Gasteiger partial charge in [-0.25, -0.2) is 0 Å². The second-order valence-corrected chi connectivity index (χ2v) is 8.23. The molecular formula is C23H29N5O2. The zero-order valence-electron chi connectivity index (χ0n) is 17.2. The number of nitrogens with one attached hydrogen (secondary N) is 3. The normalized spacial score (nSPS) is 14.8. The van der Waals surface area contributed by atoms with Gasteiger partial charge in [0.05, 0.1) is 5.39 Å². The highest BCUT2D eigenvalue weighted by atomic mass is 16.1. The van der Waals surface area contributed by atoms with Crippen molar-refractivity contribution in [3.05, 3.63) is 57.5 Å². The van der Waals surface area contributed by atoms with E-state index >= 15 is 0 Å². The first-order valence-corrected chi connectivity index (χ1v) is 10.8. The summed E-state index contributed by atoms with van der Waals surface area (Å²) in [6.45, 7) is 0.749. The molecule has 1 fully saturated rings. The first-order valence-electron chi connectivity index (χ1n) is 10.8. The van der Waals surface area contributed by atoms with Crippen LogP contribution in [0.3, 0.4) is 0 Å². The third kappa shape index (κ3) is 4.72. The van der Waals surface area contributed by atoms with Gasteiger partial charge in [-0.2, -0.15) is 4.98 Å². The molecule has 3 aromatic rings. The van der Waals surface area contributed by atoms with Crippen LogP contribution in [0.15, 0.2) is 35.3 Å². The standard InChI is InChI=1S/C23H29N5O2/c24-23-27-20-19(22(30)28-23)18(14-26-20)11-8-16-6-9-17(10-7-16)21(29)25-13-12-15-4-2-1-3-5-15/h6-7,9-10,14-15H,1-5,8,11-13H2,(H,25,29)(H4,24,26,27,28,30). The Bertz CT molecular complexity index is 1060. The van der Waals surface area contributed by atoms with Gasteiger partial charge in [-0.1, -0.05) is 44.2 Å². The number of carbonyl (C=O) groups excluding carboxylic acids is 1. The molecule has 1 saturated carbocycles. The van der Waals surface area contributed by atoms with Crippen LogP contribution in [0.5, 0.6) is 0 Å². The predicted octanol–water partition coefficient (Wildman–Crippen LogP) is 3.32. The maximum Gasteiger partial charge on any atom is 0.262 e. The van der Waals surface area contributed by atoms with E-state index in [4.69, 9.17) is 5.73 Å². The fourth-order valence-electron chi connectivity index (χ4n) is 4.39. The van der Waals surface area contributed by atoms with Gasteiger partial charge < -0.3 is 16.0 Å². The molecule has 0 bridgehead atoms.